The van der Waals surface area contributed by atoms with E-state index < -0.39 is 11.4 Å². The van der Waals surface area contributed by atoms with Crippen LogP contribution >= 0.6 is 0 Å². The van der Waals surface area contributed by atoms with Crippen molar-refractivity contribution in [2.75, 3.05) is 18.5 Å². The molecule has 0 saturated carbocycles. The second-order valence-corrected chi connectivity index (χ2v) is 4.28. The molecule has 0 radical (unpaired) electrons. The van der Waals surface area contributed by atoms with E-state index in [1.54, 1.807) is 19.1 Å². The van der Waals surface area contributed by atoms with Crippen molar-refractivity contribution in [3.8, 4) is 5.75 Å². The molecule has 1 rings (SSSR count). The van der Waals surface area contributed by atoms with Crippen LogP contribution in [0.4, 0.5) is 10.1 Å². The number of rotatable bonds is 6. The van der Waals surface area contributed by atoms with E-state index in [0.29, 0.717) is 25.3 Å². The molecule has 0 heterocycles. The Morgan fingerprint density at radius 3 is 2.65 bits per heavy atom. The predicted molar refractivity (Wildman–Crippen MR) is 67.0 cm³/mol. The zero-order valence-corrected chi connectivity index (χ0v) is 10.6. The van der Waals surface area contributed by atoms with Crippen LogP contribution in [0.15, 0.2) is 18.2 Å². The largest absolute Gasteiger partial charge is 0.491 e. The third-order valence-electron chi connectivity index (χ3n) is 2.67. The molecule has 1 unspecified atom stereocenters. The highest BCUT2D eigenvalue weighted by Crippen LogP contribution is 2.21. The average molecular weight is 241 g/mol. The minimum Gasteiger partial charge on any atom is -0.491 e. The van der Waals surface area contributed by atoms with E-state index in [-0.39, 0.29) is 5.75 Å². The Balaban J connectivity index is 2.64. The zero-order chi connectivity index (χ0) is 12.9. The molecule has 2 N–H and O–H groups in total. The van der Waals surface area contributed by atoms with Gasteiger partial charge < -0.3 is 15.2 Å². The molecule has 0 aliphatic carbocycles. The molecule has 96 valence electrons. The summed E-state index contributed by atoms with van der Waals surface area (Å²) in [6.07, 6.45) is 0.638. The van der Waals surface area contributed by atoms with Crippen molar-refractivity contribution in [1.29, 1.82) is 0 Å². The van der Waals surface area contributed by atoms with Gasteiger partial charge in [0.25, 0.3) is 0 Å². The van der Waals surface area contributed by atoms with Crippen LogP contribution < -0.4 is 10.1 Å². The second kappa shape index (κ2) is 5.87. The van der Waals surface area contributed by atoms with Crippen molar-refractivity contribution in [2.45, 2.75) is 32.8 Å². The van der Waals surface area contributed by atoms with Gasteiger partial charge >= 0.3 is 0 Å². The van der Waals surface area contributed by atoms with E-state index in [2.05, 4.69) is 5.32 Å². The molecule has 0 aliphatic heterocycles. The van der Waals surface area contributed by atoms with Crippen LogP contribution in [-0.2, 0) is 0 Å². The smallest absolute Gasteiger partial charge is 0.167 e. The Hall–Kier alpha value is -1.29. The van der Waals surface area contributed by atoms with E-state index in [4.69, 9.17) is 4.74 Å². The minimum absolute atomic E-state index is 0.250. The van der Waals surface area contributed by atoms with E-state index in [1.165, 1.54) is 6.07 Å². The molecule has 0 aliphatic rings. The third kappa shape index (κ3) is 4.23. The van der Waals surface area contributed by atoms with Crippen molar-refractivity contribution >= 4 is 5.69 Å². The van der Waals surface area contributed by atoms with Gasteiger partial charge in [-0.3, -0.25) is 0 Å². The fraction of sp³-hybridized carbons (Fsp3) is 0.538. The van der Waals surface area contributed by atoms with Gasteiger partial charge in [-0.2, -0.15) is 0 Å². The molecule has 17 heavy (non-hydrogen) atoms. The van der Waals surface area contributed by atoms with E-state index in [0.717, 1.165) is 0 Å². The SMILES string of the molecule is CCOc1ccc(NCC(C)(O)CC)cc1F. The maximum atomic E-state index is 13.5. The second-order valence-electron chi connectivity index (χ2n) is 4.28. The molecule has 0 saturated heterocycles. The van der Waals surface area contributed by atoms with Gasteiger partial charge in [0, 0.05) is 18.3 Å². The molecule has 0 fully saturated rings. The van der Waals surface area contributed by atoms with Gasteiger partial charge in [0.05, 0.1) is 12.2 Å². The summed E-state index contributed by atoms with van der Waals surface area (Å²) in [5, 5.41) is 12.8. The lowest BCUT2D eigenvalue weighted by molar-refractivity contribution is 0.0697. The van der Waals surface area contributed by atoms with E-state index in [9.17, 15) is 9.50 Å². The molecule has 1 aromatic rings. The highest BCUT2D eigenvalue weighted by Gasteiger charge is 2.17. The first-order valence-electron chi connectivity index (χ1n) is 5.87. The first kappa shape index (κ1) is 13.8. The third-order valence-corrected chi connectivity index (χ3v) is 2.67. The van der Waals surface area contributed by atoms with Gasteiger partial charge in [-0.15, -0.1) is 0 Å². The summed E-state index contributed by atoms with van der Waals surface area (Å²) < 4.78 is 18.6. The summed E-state index contributed by atoms with van der Waals surface area (Å²) in [4.78, 5) is 0. The number of ether oxygens (including phenoxy) is 1. The predicted octanol–water partition coefficient (Wildman–Crippen LogP) is 2.80. The normalized spacial score (nSPS) is 14.2. The number of aliphatic hydroxyl groups is 1. The first-order chi connectivity index (χ1) is 7.98. The number of hydrogen-bond donors (Lipinski definition) is 2. The molecule has 1 atom stereocenters. The summed E-state index contributed by atoms with van der Waals surface area (Å²) in [7, 11) is 0. The van der Waals surface area contributed by atoms with Crippen molar-refractivity contribution in [3.05, 3.63) is 24.0 Å². The Morgan fingerprint density at radius 1 is 1.41 bits per heavy atom. The highest BCUT2D eigenvalue weighted by atomic mass is 19.1. The topological polar surface area (TPSA) is 41.5 Å². The molecule has 4 heteroatoms. The minimum atomic E-state index is -0.783. The van der Waals surface area contributed by atoms with E-state index >= 15 is 0 Å². The lowest BCUT2D eigenvalue weighted by Crippen LogP contribution is -2.32. The van der Waals surface area contributed by atoms with Crippen LogP contribution in [0.5, 0.6) is 5.75 Å². The van der Waals surface area contributed by atoms with Crippen molar-refractivity contribution in [1.82, 2.24) is 0 Å². The number of nitrogens with one attached hydrogen (secondary N) is 1. The maximum absolute atomic E-state index is 13.5. The summed E-state index contributed by atoms with van der Waals surface area (Å²) in [6, 6.07) is 4.69. The molecule has 0 bridgehead atoms. The number of halogens is 1. The van der Waals surface area contributed by atoms with Crippen molar-refractivity contribution < 1.29 is 14.2 Å². The highest BCUT2D eigenvalue weighted by molar-refractivity contribution is 5.47. The Labute approximate surface area is 102 Å². The van der Waals surface area contributed by atoms with Crippen molar-refractivity contribution in [3.63, 3.8) is 0 Å². The van der Waals surface area contributed by atoms with Gasteiger partial charge in [-0.25, -0.2) is 4.39 Å². The van der Waals surface area contributed by atoms with Crippen LogP contribution in [0.3, 0.4) is 0 Å². The summed E-state index contributed by atoms with van der Waals surface area (Å²) in [5.41, 5.74) is -0.144. The summed E-state index contributed by atoms with van der Waals surface area (Å²) in [5.74, 6) is -0.145. The lowest BCUT2D eigenvalue weighted by Gasteiger charge is -2.22. The van der Waals surface area contributed by atoms with Crippen LogP contribution in [-0.4, -0.2) is 23.9 Å². The molecule has 1 aromatic carbocycles. The summed E-state index contributed by atoms with van der Waals surface area (Å²) >= 11 is 0. The number of benzene rings is 1. The Morgan fingerprint density at radius 2 is 2.12 bits per heavy atom. The molecular formula is C13H20FNO2. The zero-order valence-electron chi connectivity index (χ0n) is 10.6. The molecule has 3 nitrogen and oxygen atoms in total. The molecule has 0 amide bonds. The van der Waals surface area contributed by atoms with Crippen LogP contribution in [0.25, 0.3) is 0 Å². The van der Waals surface area contributed by atoms with Gasteiger partial charge in [-0.1, -0.05) is 6.92 Å². The van der Waals surface area contributed by atoms with Gasteiger partial charge in [0.2, 0.25) is 0 Å². The number of hydrogen-bond acceptors (Lipinski definition) is 3. The number of anilines is 1. The van der Waals surface area contributed by atoms with Crippen LogP contribution in [0, 0.1) is 5.82 Å². The first-order valence-corrected chi connectivity index (χ1v) is 5.87. The van der Waals surface area contributed by atoms with Crippen LogP contribution in [0.1, 0.15) is 27.2 Å². The Bertz CT molecular complexity index is 366. The Kier molecular flexibility index (Phi) is 4.75. The molecule has 0 spiro atoms. The summed E-state index contributed by atoms with van der Waals surface area (Å²) in [6.45, 7) is 6.28. The standard InChI is InChI=1S/C13H20FNO2/c1-4-13(3,16)9-15-10-6-7-12(17-5-2)11(14)8-10/h6-8,15-16H,4-5,9H2,1-3H3. The van der Waals surface area contributed by atoms with Gasteiger partial charge in [-0.05, 0) is 32.4 Å². The average Bonchev–Trinajstić information content (AvgIpc) is 2.30. The molecule has 0 aromatic heterocycles. The molecular weight excluding hydrogens is 221 g/mol. The van der Waals surface area contributed by atoms with Gasteiger partial charge in [0.15, 0.2) is 11.6 Å². The monoisotopic (exact) mass is 241 g/mol. The van der Waals surface area contributed by atoms with E-state index in [1.807, 2.05) is 13.8 Å². The van der Waals surface area contributed by atoms with Crippen molar-refractivity contribution in [2.24, 2.45) is 0 Å². The van der Waals surface area contributed by atoms with Gasteiger partial charge in [0.1, 0.15) is 0 Å². The lowest BCUT2D eigenvalue weighted by atomic mass is 10.0. The van der Waals surface area contributed by atoms with Crippen LogP contribution in [0.2, 0.25) is 0 Å². The fourth-order valence-corrected chi connectivity index (χ4v) is 1.30. The maximum Gasteiger partial charge on any atom is 0.167 e. The quantitative estimate of drug-likeness (QED) is 0.804. The fourth-order valence-electron chi connectivity index (χ4n) is 1.30.